The van der Waals surface area contributed by atoms with Gasteiger partial charge in [0.15, 0.2) is 0 Å². The Morgan fingerprint density at radius 3 is 2.50 bits per heavy atom. The third kappa shape index (κ3) is 2.62. The van der Waals surface area contributed by atoms with Crippen molar-refractivity contribution in [2.24, 2.45) is 0 Å². The molecule has 8 heavy (non-hydrogen) atoms. The molecule has 0 amide bonds. The van der Waals surface area contributed by atoms with Gasteiger partial charge in [0, 0.05) is 6.54 Å². The largest absolute Gasteiger partial charge is 0.377 e. The first-order valence-electron chi connectivity index (χ1n) is 2.47. The van der Waals surface area contributed by atoms with Gasteiger partial charge in [0.05, 0.1) is 0 Å². The van der Waals surface area contributed by atoms with E-state index in [0.29, 0.717) is 6.54 Å². The van der Waals surface area contributed by atoms with Crippen molar-refractivity contribution in [3.05, 3.63) is 0 Å². The van der Waals surface area contributed by atoms with E-state index in [1.165, 1.54) is 0 Å². The minimum Gasteiger partial charge on any atom is -0.377 e. The lowest BCUT2D eigenvalue weighted by atomic mass is 10.1. The van der Waals surface area contributed by atoms with Crippen LogP contribution in [0.2, 0.25) is 0 Å². The fraction of sp³-hybridized carbons (Fsp3) is 0.667. The van der Waals surface area contributed by atoms with E-state index >= 15 is 0 Å². The van der Waals surface area contributed by atoms with Gasteiger partial charge in [-0.25, -0.2) is 0 Å². The van der Waals surface area contributed by atoms with E-state index in [4.69, 9.17) is 11.5 Å². The van der Waals surface area contributed by atoms with Crippen LogP contribution in [0.3, 0.4) is 0 Å². The third-order valence-corrected chi connectivity index (χ3v) is 0.832. The minimum atomic E-state index is -0.991. The quantitative estimate of drug-likeness (QED) is 0.477. The van der Waals surface area contributed by atoms with E-state index in [1.54, 1.807) is 14.0 Å². The number of hydrogen-bond acceptors (Lipinski definition) is 2. The van der Waals surface area contributed by atoms with Crippen molar-refractivity contribution in [3.63, 3.8) is 0 Å². The molecule has 1 atom stereocenters. The van der Waals surface area contributed by atoms with Gasteiger partial charge in [0.25, 0.3) is 0 Å². The fourth-order valence-corrected chi connectivity index (χ4v) is 0.395. The monoisotopic (exact) mass is 113 g/mol. The van der Waals surface area contributed by atoms with Crippen LogP contribution in [-0.2, 0) is 0 Å². The van der Waals surface area contributed by atoms with Crippen molar-refractivity contribution in [2.75, 3.05) is 13.6 Å². The van der Waals surface area contributed by atoms with Gasteiger partial charge in [-0.15, -0.1) is 6.42 Å². The summed E-state index contributed by atoms with van der Waals surface area (Å²) in [5.74, 6) is 2.24. The fourth-order valence-electron chi connectivity index (χ4n) is 0.395. The zero-order chi connectivity index (χ0) is 6.62. The van der Waals surface area contributed by atoms with E-state index in [-0.39, 0.29) is 0 Å². The summed E-state index contributed by atoms with van der Waals surface area (Å²) >= 11 is 0. The standard InChI is InChI=1S/C6H11NO/c1-4-6(2,8)5-7-3/h1,7-8H,5H2,2-3H3. The number of terminal acetylenes is 1. The van der Waals surface area contributed by atoms with Crippen LogP contribution in [0.4, 0.5) is 0 Å². The number of rotatable bonds is 2. The van der Waals surface area contributed by atoms with Crippen molar-refractivity contribution in [3.8, 4) is 12.3 Å². The molecule has 0 aliphatic rings. The van der Waals surface area contributed by atoms with Crippen molar-refractivity contribution < 1.29 is 5.11 Å². The molecule has 0 aliphatic heterocycles. The molecule has 0 aromatic heterocycles. The van der Waals surface area contributed by atoms with E-state index in [2.05, 4.69) is 11.2 Å². The molecule has 0 radical (unpaired) electrons. The smallest absolute Gasteiger partial charge is 0.134 e. The Balaban J connectivity index is 3.59. The first-order chi connectivity index (χ1) is 3.62. The molecule has 0 fully saturated rings. The van der Waals surface area contributed by atoms with Gasteiger partial charge in [0.2, 0.25) is 0 Å². The van der Waals surface area contributed by atoms with Gasteiger partial charge in [-0.3, -0.25) is 0 Å². The number of aliphatic hydroxyl groups is 1. The molecule has 1 unspecified atom stereocenters. The molecule has 2 heteroatoms. The molecule has 0 aromatic carbocycles. The highest BCUT2D eigenvalue weighted by atomic mass is 16.3. The average molecular weight is 113 g/mol. The van der Waals surface area contributed by atoms with Gasteiger partial charge in [-0.05, 0) is 14.0 Å². The summed E-state index contributed by atoms with van der Waals surface area (Å²) in [6.45, 7) is 2.02. The second-order valence-electron chi connectivity index (χ2n) is 1.95. The van der Waals surface area contributed by atoms with E-state index in [1.807, 2.05) is 0 Å². The zero-order valence-corrected chi connectivity index (χ0v) is 5.23. The topological polar surface area (TPSA) is 32.3 Å². The first kappa shape index (κ1) is 7.48. The summed E-state index contributed by atoms with van der Waals surface area (Å²) in [5, 5.41) is 11.8. The second kappa shape index (κ2) is 2.71. The summed E-state index contributed by atoms with van der Waals surface area (Å²) < 4.78 is 0. The molecule has 0 aromatic rings. The van der Waals surface area contributed by atoms with Crippen molar-refractivity contribution >= 4 is 0 Å². The molecule has 46 valence electrons. The summed E-state index contributed by atoms with van der Waals surface area (Å²) in [4.78, 5) is 0. The summed E-state index contributed by atoms with van der Waals surface area (Å²) in [7, 11) is 1.74. The van der Waals surface area contributed by atoms with Crippen LogP contribution in [0.1, 0.15) is 6.92 Å². The van der Waals surface area contributed by atoms with Crippen molar-refractivity contribution in [1.82, 2.24) is 5.32 Å². The van der Waals surface area contributed by atoms with Crippen LogP contribution in [0, 0.1) is 12.3 Å². The summed E-state index contributed by atoms with van der Waals surface area (Å²) in [6, 6.07) is 0. The highest BCUT2D eigenvalue weighted by Gasteiger charge is 2.13. The van der Waals surface area contributed by atoms with Gasteiger partial charge >= 0.3 is 0 Å². The predicted molar refractivity (Wildman–Crippen MR) is 33.4 cm³/mol. The molecule has 0 aliphatic carbocycles. The molecule has 2 N–H and O–H groups in total. The van der Waals surface area contributed by atoms with Gasteiger partial charge in [-0.2, -0.15) is 0 Å². The highest BCUT2D eigenvalue weighted by molar-refractivity contribution is 5.05. The molecule has 0 rings (SSSR count). The molecule has 0 bridgehead atoms. The lowest BCUT2D eigenvalue weighted by molar-refractivity contribution is 0.123. The van der Waals surface area contributed by atoms with Crippen molar-refractivity contribution in [1.29, 1.82) is 0 Å². The number of nitrogens with one attached hydrogen (secondary N) is 1. The highest BCUT2D eigenvalue weighted by Crippen LogP contribution is 1.95. The molecule has 0 saturated carbocycles. The Morgan fingerprint density at radius 2 is 2.38 bits per heavy atom. The maximum Gasteiger partial charge on any atom is 0.134 e. The molecule has 0 saturated heterocycles. The van der Waals surface area contributed by atoms with Crippen LogP contribution in [0.25, 0.3) is 0 Å². The molecular weight excluding hydrogens is 102 g/mol. The number of likely N-dealkylation sites (N-methyl/N-ethyl adjacent to an activating group) is 1. The Morgan fingerprint density at radius 1 is 1.88 bits per heavy atom. The van der Waals surface area contributed by atoms with Crippen molar-refractivity contribution in [2.45, 2.75) is 12.5 Å². The van der Waals surface area contributed by atoms with Crippen LogP contribution >= 0.6 is 0 Å². The summed E-state index contributed by atoms with van der Waals surface area (Å²) in [6.07, 6.45) is 4.95. The average Bonchev–Trinajstić information content (AvgIpc) is 1.67. The van der Waals surface area contributed by atoms with Crippen LogP contribution < -0.4 is 5.32 Å². The lowest BCUT2D eigenvalue weighted by Gasteiger charge is -2.13. The van der Waals surface area contributed by atoms with Crippen LogP contribution in [0.5, 0.6) is 0 Å². The molecular formula is C6H11NO. The Bertz CT molecular complexity index is 102. The molecule has 2 nitrogen and oxygen atoms in total. The Hall–Kier alpha value is -0.520. The summed E-state index contributed by atoms with van der Waals surface area (Å²) in [5.41, 5.74) is -0.991. The second-order valence-corrected chi connectivity index (χ2v) is 1.95. The van der Waals surface area contributed by atoms with Gasteiger partial charge in [0.1, 0.15) is 5.60 Å². The van der Waals surface area contributed by atoms with E-state index in [0.717, 1.165) is 0 Å². The SMILES string of the molecule is C#CC(C)(O)CNC. The van der Waals surface area contributed by atoms with E-state index in [9.17, 15) is 0 Å². The lowest BCUT2D eigenvalue weighted by Crippen LogP contribution is -2.34. The third-order valence-electron chi connectivity index (χ3n) is 0.832. The Labute approximate surface area is 49.9 Å². The maximum absolute atomic E-state index is 9.02. The van der Waals surface area contributed by atoms with E-state index < -0.39 is 5.60 Å². The predicted octanol–water partition coefficient (Wildman–Crippen LogP) is -0.410. The zero-order valence-electron chi connectivity index (χ0n) is 5.23. The van der Waals surface area contributed by atoms with Gasteiger partial charge in [-0.1, -0.05) is 5.92 Å². The molecule has 0 heterocycles. The Kier molecular flexibility index (Phi) is 2.53. The minimum absolute atomic E-state index is 0.434. The van der Waals surface area contributed by atoms with Crippen LogP contribution in [0.15, 0.2) is 0 Å². The number of hydrogen-bond donors (Lipinski definition) is 2. The normalized spacial score (nSPS) is 16.8. The van der Waals surface area contributed by atoms with Crippen LogP contribution in [-0.4, -0.2) is 24.3 Å². The first-order valence-corrected chi connectivity index (χ1v) is 2.47. The maximum atomic E-state index is 9.02. The molecule has 0 spiro atoms. The van der Waals surface area contributed by atoms with Gasteiger partial charge < -0.3 is 10.4 Å².